The molecule has 8 heteroatoms. The summed E-state index contributed by atoms with van der Waals surface area (Å²) in [6, 6.07) is 0. The van der Waals surface area contributed by atoms with E-state index < -0.39 is 0 Å². The first-order chi connectivity index (χ1) is 18.9. The number of hydrogen-bond acceptors (Lipinski definition) is 4. The van der Waals surface area contributed by atoms with Gasteiger partial charge in [0.25, 0.3) is 0 Å². The van der Waals surface area contributed by atoms with Gasteiger partial charge in [0.05, 0.1) is 0 Å². The van der Waals surface area contributed by atoms with Gasteiger partial charge in [-0.3, -0.25) is 10.3 Å². The van der Waals surface area contributed by atoms with Gasteiger partial charge in [0.2, 0.25) is 0 Å². The minimum absolute atomic E-state index is 0. The second-order valence-corrected chi connectivity index (χ2v) is 12.1. The highest BCUT2D eigenvalue weighted by Crippen LogP contribution is 2.13. The number of nitrogens with zero attached hydrogens (tertiary/aromatic N) is 2. The van der Waals surface area contributed by atoms with Crippen molar-refractivity contribution in [3.63, 3.8) is 0 Å². The van der Waals surface area contributed by atoms with Crippen LogP contribution >= 0.6 is 24.8 Å². The zero-order valence-corrected chi connectivity index (χ0v) is 29.4. The normalized spacial score (nSPS) is 14.6. The van der Waals surface area contributed by atoms with Gasteiger partial charge in [-0.15, -0.1) is 24.8 Å². The summed E-state index contributed by atoms with van der Waals surface area (Å²) in [4.78, 5) is 8.82. The molecule has 6 nitrogen and oxygen atoms in total. The Labute approximate surface area is 268 Å². The van der Waals surface area contributed by atoms with E-state index >= 15 is 0 Å². The summed E-state index contributed by atoms with van der Waals surface area (Å²) in [5, 5.41) is 6.22. The lowest BCUT2D eigenvalue weighted by atomic mass is 10.1. The number of guanidine groups is 2. The molecule has 0 radical (unpaired) electrons. The fraction of sp³-hybridized carbons (Fsp3) is 0.939. The van der Waals surface area contributed by atoms with Crippen molar-refractivity contribution in [1.82, 2.24) is 10.6 Å². The van der Waals surface area contributed by atoms with Crippen LogP contribution in [-0.2, 0) is 0 Å². The summed E-state index contributed by atoms with van der Waals surface area (Å²) in [6.45, 7) is 10.2. The van der Waals surface area contributed by atoms with Crippen LogP contribution in [0, 0.1) is 0 Å². The monoisotopic (exact) mass is 623 g/mol. The zero-order chi connectivity index (χ0) is 28.9. The Balaban J connectivity index is -0.000000741. The fourth-order valence-corrected chi connectivity index (χ4v) is 5.01. The van der Waals surface area contributed by atoms with Crippen molar-refractivity contribution in [3.05, 3.63) is 0 Å². The van der Waals surface area contributed by atoms with Gasteiger partial charge in [-0.2, -0.15) is 0 Å². The van der Waals surface area contributed by atoms with Gasteiger partial charge in [-0.25, -0.2) is 4.99 Å². The van der Waals surface area contributed by atoms with Gasteiger partial charge in [-0.1, -0.05) is 155 Å². The first-order valence-electron chi connectivity index (χ1n) is 17.1. The topological polar surface area (TPSA) is 101 Å². The molecule has 0 aromatic carbocycles. The van der Waals surface area contributed by atoms with Crippen LogP contribution in [0.1, 0.15) is 182 Å². The van der Waals surface area contributed by atoms with Crippen molar-refractivity contribution in [2.24, 2.45) is 21.5 Å². The molecular weight excluding hydrogens is 551 g/mol. The molecule has 0 aliphatic carbocycles. The minimum Gasteiger partial charge on any atom is -0.370 e. The van der Waals surface area contributed by atoms with Crippen molar-refractivity contribution < 1.29 is 0 Å². The number of hydrogen-bond donors (Lipinski definition) is 4. The number of aliphatic imine (C=N–C) groups is 2. The summed E-state index contributed by atoms with van der Waals surface area (Å²) in [7, 11) is 0. The highest BCUT2D eigenvalue weighted by Gasteiger charge is 2.23. The van der Waals surface area contributed by atoms with Gasteiger partial charge in [0.15, 0.2) is 11.9 Å². The Kier molecular flexibility index (Phi) is 36.8. The molecule has 0 aromatic heterocycles. The molecule has 1 rings (SSSR count). The average Bonchev–Trinajstić information content (AvgIpc) is 2.89. The van der Waals surface area contributed by atoms with Crippen LogP contribution in [0.15, 0.2) is 9.98 Å². The lowest BCUT2D eigenvalue weighted by Crippen LogP contribution is -2.57. The lowest BCUT2D eigenvalue weighted by molar-refractivity contribution is 0.467. The Hall–Kier alpha value is -0.720. The van der Waals surface area contributed by atoms with Gasteiger partial charge in [0.1, 0.15) is 5.66 Å². The van der Waals surface area contributed by atoms with Gasteiger partial charge in [-0.05, 0) is 33.2 Å². The summed E-state index contributed by atoms with van der Waals surface area (Å²) < 4.78 is 0. The molecule has 0 fully saturated rings. The van der Waals surface area contributed by atoms with E-state index in [1.165, 1.54) is 148 Å². The highest BCUT2D eigenvalue weighted by atomic mass is 35.5. The van der Waals surface area contributed by atoms with Crippen molar-refractivity contribution in [3.8, 4) is 0 Å². The number of rotatable bonds is 25. The molecule has 0 aromatic rings. The van der Waals surface area contributed by atoms with E-state index in [2.05, 4.69) is 34.5 Å². The first-order valence-corrected chi connectivity index (χ1v) is 17.1. The molecule has 0 saturated carbocycles. The van der Waals surface area contributed by atoms with Gasteiger partial charge in [0, 0.05) is 6.54 Å². The highest BCUT2D eigenvalue weighted by molar-refractivity contribution is 6.00. The molecule has 0 saturated heterocycles. The molecule has 6 N–H and O–H groups in total. The fourth-order valence-electron chi connectivity index (χ4n) is 5.01. The van der Waals surface area contributed by atoms with E-state index in [-0.39, 0.29) is 30.5 Å². The molecule has 248 valence electrons. The molecule has 41 heavy (non-hydrogen) atoms. The van der Waals surface area contributed by atoms with Gasteiger partial charge >= 0.3 is 0 Å². The number of unbranched alkanes of at least 4 members (excludes halogenated alkanes) is 22. The van der Waals surface area contributed by atoms with E-state index in [1.54, 1.807) is 0 Å². The summed E-state index contributed by atoms with van der Waals surface area (Å²) in [5.41, 5.74) is 10.8. The third-order valence-corrected chi connectivity index (χ3v) is 7.41. The number of nitrogens with one attached hydrogen (secondary N) is 2. The SMILES string of the molecule is CCCCCCCCCCCCCCN.CCCCCCCCCCCCCCN=C1NC(N)=NC(C)(C)N1.Cl.Cl. The van der Waals surface area contributed by atoms with Crippen LogP contribution < -0.4 is 22.1 Å². The van der Waals surface area contributed by atoms with Crippen molar-refractivity contribution in [1.29, 1.82) is 0 Å². The van der Waals surface area contributed by atoms with E-state index in [4.69, 9.17) is 11.5 Å². The van der Waals surface area contributed by atoms with Crippen LogP contribution in [0.2, 0.25) is 0 Å². The molecular formula is C33H72Cl2N6. The Bertz CT molecular complexity index is 572. The third kappa shape index (κ3) is 33.6. The van der Waals surface area contributed by atoms with Crippen LogP contribution in [0.4, 0.5) is 0 Å². The average molecular weight is 624 g/mol. The smallest absolute Gasteiger partial charge is 0.199 e. The molecule has 0 spiro atoms. The predicted octanol–water partition coefficient (Wildman–Crippen LogP) is 9.78. The van der Waals surface area contributed by atoms with E-state index in [9.17, 15) is 0 Å². The van der Waals surface area contributed by atoms with Crippen LogP contribution in [-0.4, -0.2) is 30.7 Å². The zero-order valence-electron chi connectivity index (χ0n) is 27.8. The van der Waals surface area contributed by atoms with Crippen molar-refractivity contribution in [2.75, 3.05) is 13.1 Å². The minimum atomic E-state index is -0.370. The van der Waals surface area contributed by atoms with E-state index in [0.29, 0.717) is 5.96 Å². The van der Waals surface area contributed by atoms with Crippen LogP contribution in [0.5, 0.6) is 0 Å². The second-order valence-electron chi connectivity index (χ2n) is 12.1. The molecule has 0 atom stereocenters. The van der Waals surface area contributed by atoms with E-state index in [1.807, 2.05) is 13.8 Å². The molecule has 1 heterocycles. The lowest BCUT2D eigenvalue weighted by Gasteiger charge is -2.29. The number of halogens is 2. The van der Waals surface area contributed by atoms with Crippen molar-refractivity contribution >= 4 is 36.7 Å². The van der Waals surface area contributed by atoms with Crippen molar-refractivity contribution in [2.45, 2.75) is 187 Å². The maximum absolute atomic E-state index is 5.76. The third-order valence-electron chi connectivity index (χ3n) is 7.41. The summed E-state index contributed by atoms with van der Waals surface area (Å²) in [6.07, 6.45) is 33.3. The molecule has 0 amide bonds. The Morgan fingerprint density at radius 3 is 1.27 bits per heavy atom. The molecule has 0 unspecified atom stereocenters. The quantitative estimate of drug-likeness (QED) is 0.0761. The molecule has 0 bridgehead atoms. The van der Waals surface area contributed by atoms with Crippen LogP contribution in [0.25, 0.3) is 0 Å². The molecule has 1 aliphatic heterocycles. The Morgan fingerprint density at radius 2 is 0.927 bits per heavy atom. The first kappa shape index (κ1) is 44.7. The standard InChI is InChI=1S/C19H39N5.C14H31N.2ClH/c1-4-5-6-7-8-9-10-11-12-13-14-15-16-21-18-22-17(20)23-19(2,3)24-18;1-2-3-4-5-6-7-8-9-10-11-12-13-14-15;;/h4-16H2,1-3H3,(H4,20,21,22,23,24);2-15H2,1H3;2*1H. The largest absolute Gasteiger partial charge is 0.370 e. The second kappa shape index (κ2) is 33.8. The van der Waals surface area contributed by atoms with Crippen LogP contribution in [0.3, 0.4) is 0 Å². The predicted molar refractivity (Wildman–Crippen MR) is 190 cm³/mol. The van der Waals surface area contributed by atoms with Gasteiger partial charge < -0.3 is 16.8 Å². The molecule has 1 aliphatic rings. The number of nitrogens with two attached hydrogens (primary N) is 2. The maximum Gasteiger partial charge on any atom is 0.199 e. The summed E-state index contributed by atoms with van der Waals surface area (Å²) >= 11 is 0. The summed E-state index contributed by atoms with van der Waals surface area (Å²) in [5.74, 6) is 1.18. The maximum atomic E-state index is 5.76. The Morgan fingerprint density at radius 1 is 0.585 bits per heavy atom. The van der Waals surface area contributed by atoms with E-state index in [0.717, 1.165) is 25.5 Å².